The Kier molecular flexibility index (Phi) is 3.87. The summed E-state index contributed by atoms with van der Waals surface area (Å²) in [6.07, 6.45) is 4.51. The molecule has 0 saturated heterocycles. The molecule has 4 aromatic rings. The second-order valence-electron chi connectivity index (χ2n) is 8.72. The highest BCUT2D eigenvalue weighted by molar-refractivity contribution is 6.05. The van der Waals surface area contributed by atoms with Crippen LogP contribution in [0.25, 0.3) is 33.5 Å². The molecule has 6 rings (SSSR count). The van der Waals surface area contributed by atoms with Gasteiger partial charge in [0.25, 0.3) is 5.91 Å². The number of aromatic nitrogens is 2. The normalized spacial score (nSPS) is 16.6. The summed E-state index contributed by atoms with van der Waals surface area (Å²) in [6.45, 7) is 6.10. The van der Waals surface area contributed by atoms with Crippen molar-refractivity contribution in [3.8, 4) is 11.5 Å². The zero-order valence-corrected chi connectivity index (χ0v) is 17.7. The molecule has 0 radical (unpaired) electrons. The minimum absolute atomic E-state index is 0.0276. The highest BCUT2D eigenvalue weighted by atomic mass is 16.3. The number of benzene rings is 2. The van der Waals surface area contributed by atoms with Crippen LogP contribution in [0.2, 0.25) is 0 Å². The number of anilines is 1. The van der Waals surface area contributed by atoms with Crippen molar-refractivity contribution in [1.82, 2.24) is 14.9 Å². The molecular weight excluding hydrogens is 404 g/mol. The molecule has 160 valence electrons. The molecule has 7 heteroatoms. The van der Waals surface area contributed by atoms with E-state index in [1.54, 1.807) is 0 Å². The maximum Gasteiger partial charge on any atom is 0.268 e. The summed E-state index contributed by atoms with van der Waals surface area (Å²) >= 11 is 0. The Balaban J connectivity index is 1.51. The minimum Gasteiger partial charge on any atom is -0.436 e. The molecule has 2 aromatic heterocycles. The Morgan fingerprint density at radius 3 is 2.88 bits per heavy atom. The first-order valence-corrected chi connectivity index (χ1v) is 10.8. The molecule has 1 saturated carbocycles. The van der Waals surface area contributed by atoms with E-state index in [4.69, 9.17) is 9.40 Å². The first-order chi connectivity index (χ1) is 15.5. The highest BCUT2D eigenvalue weighted by Gasteiger charge is 2.44. The third-order valence-corrected chi connectivity index (χ3v) is 6.82. The van der Waals surface area contributed by atoms with Crippen LogP contribution in [0.4, 0.5) is 5.69 Å². The topological polar surface area (TPSA) is 89.2 Å². The average Bonchev–Trinajstić information content (AvgIpc) is 3.37. The van der Waals surface area contributed by atoms with Crippen molar-refractivity contribution in [2.75, 3.05) is 11.9 Å². The third kappa shape index (κ3) is 2.57. The van der Waals surface area contributed by atoms with Crippen molar-refractivity contribution < 1.29 is 14.0 Å². The summed E-state index contributed by atoms with van der Waals surface area (Å²) in [7, 11) is 0. The predicted molar refractivity (Wildman–Crippen MR) is 123 cm³/mol. The number of hydrogen-bond donors (Lipinski definition) is 2. The molecule has 2 amide bonds. The smallest absolute Gasteiger partial charge is 0.268 e. The van der Waals surface area contributed by atoms with Crippen molar-refractivity contribution in [3.63, 3.8) is 0 Å². The van der Waals surface area contributed by atoms with Gasteiger partial charge in [0.05, 0.1) is 16.7 Å². The Bertz CT molecular complexity index is 1460. The van der Waals surface area contributed by atoms with Gasteiger partial charge in [-0.3, -0.25) is 9.59 Å². The van der Waals surface area contributed by atoms with Crippen molar-refractivity contribution in [1.29, 1.82) is 0 Å². The number of rotatable bonds is 3. The second-order valence-corrected chi connectivity index (χ2v) is 8.72. The van der Waals surface area contributed by atoms with Crippen molar-refractivity contribution in [3.05, 3.63) is 60.3 Å². The fourth-order valence-corrected chi connectivity index (χ4v) is 4.96. The number of amides is 2. The summed E-state index contributed by atoms with van der Waals surface area (Å²) in [5, 5.41) is 6.92. The van der Waals surface area contributed by atoms with Gasteiger partial charge in [0.15, 0.2) is 5.58 Å². The molecule has 7 nitrogen and oxygen atoms in total. The van der Waals surface area contributed by atoms with E-state index in [0.29, 0.717) is 34.9 Å². The second kappa shape index (κ2) is 6.56. The number of nitrogens with zero attached hydrogens (tertiary/aromatic N) is 2. The van der Waals surface area contributed by atoms with Crippen LogP contribution >= 0.6 is 0 Å². The molecule has 0 unspecified atom stereocenters. The van der Waals surface area contributed by atoms with Gasteiger partial charge in [-0.15, -0.1) is 0 Å². The van der Waals surface area contributed by atoms with E-state index in [-0.39, 0.29) is 17.4 Å². The minimum atomic E-state index is -0.296. The summed E-state index contributed by atoms with van der Waals surface area (Å²) in [5.41, 5.74) is 5.23. The van der Waals surface area contributed by atoms with Crippen LogP contribution < -0.4 is 10.6 Å². The molecule has 1 fully saturated rings. The molecule has 2 N–H and O–H groups in total. The van der Waals surface area contributed by atoms with E-state index < -0.39 is 0 Å². The van der Waals surface area contributed by atoms with Gasteiger partial charge >= 0.3 is 0 Å². The van der Waals surface area contributed by atoms with Crippen LogP contribution in [0.5, 0.6) is 0 Å². The fraction of sp³-hybridized carbons (Fsp3) is 0.240. The third-order valence-electron chi connectivity index (χ3n) is 6.82. The van der Waals surface area contributed by atoms with Gasteiger partial charge in [-0.25, -0.2) is 4.98 Å². The van der Waals surface area contributed by atoms with E-state index in [0.717, 1.165) is 34.9 Å². The molecule has 2 aromatic carbocycles. The fourth-order valence-electron chi connectivity index (χ4n) is 4.96. The lowest BCUT2D eigenvalue weighted by atomic mass is 9.75. The zero-order chi connectivity index (χ0) is 22.0. The van der Waals surface area contributed by atoms with Gasteiger partial charge in [0, 0.05) is 17.5 Å². The lowest BCUT2D eigenvalue weighted by Crippen LogP contribution is -2.55. The average molecular weight is 426 g/mol. The maximum atomic E-state index is 12.5. The van der Waals surface area contributed by atoms with E-state index in [2.05, 4.69) is 27.8 Å². The van der Waals surface area contributed by atoms with Gasteiger partial charge in [0.2, 0.25) is 11.8 Å². The predicted octanol–water partition coefficient (Wildman–Crippen LogP) is 4.51. The summed E-state index contributed by atoms with van der Waals surface area (Å²) in [5.74, 6) is 0.149. The number of fused-ring (bicyclic) bond motifs is 5. The number of carbonyl (C=O) groups excluding carboxylic acids is 2. The molecular formula is C25H22N4O3. The number of carbonyl (C=O) groups is 2. The number of nitrogens with one attached hydrogen (secondary N) is 2. The number of oxazole rings is 1. The summed E-state index contributed by atoms with van der Waals surface area (Å²) < 4.78 is 8.29. The van der Waals surface area contributed by atoms with Crippen LogP contribution in [0.1, 0.15) is 35.3 Å². The van der Waals surface area contributed by atoms with Gasteiger partial charge in [-0.2, -0.15) is 0 Å². The van der Waals surface area contributed by atoms with Crippen LogP contribution in [-0.4, -0.2) is 27.9 Å². The Morgan fingerprint density at radius 1 is 1.28 bits per heavy atom. The van der Waals surface area contributed by atoms with Gasteiger partial charge in [-0.05, 0) is 62.1 Å². The lowest BCUT2D eigenvalue weighted by molar-refractivity contribution is -0.111. The zero-order valence-electron chi connectivity index (χ0n) is 17.7. The standard InChI is InChI=1S/C25H22N4O3/c1-3-20(30)27-21-14(2)5-8-19-22(21)28-24(32-19)16-7-6-15-11-18-23(31)26-13-25(9-4-10-25)29(18)17(15)12-16/h3,5-8,11-12H,1,4,9-10,13H2,2H3,(H,26,31)(H,27,30). The van der Waals surface area contributed by atoms with Crippen molar-refractivity contribution in [2.45, 2.75) is 31.7 Å². The maximum absolute atomic E-state index is 12.5. The quantitative estimate of drug-likeness (QED) is 0.472. The van der Waals surface area contributed by atoms with Crippen LogP contribution in [0, 0.1) is 6.92 Å². The SMILES string of the molecule is C=CC(=O)Nc1c(C)ccc2oc(-c3ccc4cc5n(c4c3)C3(CCC3)CNC5=O)nc12. The molecule has 2 aliphatic rings. The molecule has 0 bridgehead atoms. The molecule has 1 spiro atoms. The number of aryl methyl sites for hydroxylation is 1. The van der Waals surface area contributed by atoms with Crippen molar-refractivity contribution >= 4 is 39.5 Å². The molecule has 1 aliphatic carbocycles. The van der Waals surface area contributed by atoms with Crippen LogP contribution in [0.3, 0.4) is 0 Å². The van der Waals surface area contributed by atoms with Crippen LogP contribution in [0.15, 0.2) is 53.5 Å². The van der Waals surface area contributed by atoms with Crippen LogP contribution in [-0.2, 0) is 10.3 Å². The monoisotopic (exact) mass is 426 g/mol. The molecule has 0 atom stereocenters. The first kappa shape index (κ1) is 18.9. The highest BCUT2D eigenvalue weighted by Crippen LogP contribution is 2.44. The Hall–Kier alpha value is -3.87. The Labute approximate surface area is 184 Å². The van der Waals surface area contributed by atoms with Crippen molar-refractivity contribution in [2.24, 2.45) is 0 Å². The van der Waals surface area contributed by atoms with E-state index >= 15 is 0 Å². The van der Waals surface area contributed by atoms with Gasteiger partial charge < -0.3 is 19.6 Å². The Morgan fingerprint density at radius 2 is 2.12 bits per heavy atom. The van der Waals surface area contributed by atoms with E-state index in [1.165, 1.54) is 12.5 Å². The molecule has 32 heavy (non-hydrogen) atoms. The lowest BCUT2D eigenvalue weighted by Gasteiger charge is -2.47. The molecule has 3 heterocycles. The summed E-state index contributed by atoms with van der Waals surface area (Å²) in [6, 6.07) is 11.7. The summed E-state index contributed by atoms with van der Waals surface area (Å²) in [4.78, 5) is 29.2. The van der Waals surface area contributed by atoms with Gasteiger partial charge in [0.1, 0.15) is 11.2 Å². The van der Waals surface area contributed by atoms with E-state index in [1.807, 2.05) is 37.3 Å². The number of hydrogen-bond acceptors (Lipinski definition) is 4. The molecule has 1 aliphatic heterocycles. The first-order valence-electron chi connectivity index (χ1n) is 10.8. The largest absolute Gasteiger partial charge is 0.436 e. The van der Waals surface area contributed by atoms with Gasteiger partial charge in [-0.1, -0.05) is 18.7 Å². The van der Waals surface area contributed by atoms with E-state index in [9.17, 15) is 9.59 Å².